The van der Waals surface area contributed by atoms with Gasteiger partial charge in [-0.25, -0.2) is 9.37 Å². The Hall–Kier alpha value is -1.74. The average molecular weight is 304 g/mol. The Morgan fingerprint density at radius 2 is 2.19 bits per heavy atom. The Labute approximate surface area is 128 Å². The second kappa shape index (κ2) is 7.32. The van der Waals surface area contributed by atoms with Crippen LogP contribution in [0.3, 0.4) is 0 Å². The van der Waals surface area contributed by atoms with E-state index in [-0.39, 0.29) is 12.4 Å². The molecule has 0 saturated heterocycles. The minimum Gasteiger partial charge on any atom is -0.384 e. The fourth-order valence-electron chi connectivity index (χ4n) is 2.04. The van der Waals surface area contributed by atoms with Crippen LogP contribution in [0.5, 0.6) is 0 Å². The lowest BCUT2D eigenvalue weighted by Gasteiger charge is -2.16. The molecule has 0 aliphatic carbocycles. The third-order valence-electron chi connectivity index (χ3n) is 2.91. The van der Waals surface area contributed by atoms with Gasteiger partial charge in [0.1, 0.15) is 12.4 Å². The zero-order valence-electron chi connectivity index (χ0n) is 12.1. The van der Waals surface area contributed by atoms with Crippen molar-refractivity contribution in [3.63, 3.8) is 0 Å². The van der Waals surface area contributed by atoms with E-state index in [9.17, 15) is 4.39 Å². The Kier molecular flexibility index (Phi) is 5.45. The average Bonchev–Trinajstić information content (AvgIpc) is 2.84. The zero-order chi connectivity index (χ0) is 15.2. The lowest BCUT2D eigenvalue weighted by molar-refractivity contribution is 0.315. The minimum absolute atomic E-state index is 0.232. The molecule has 3 nitrogen and oxygen atoms in total. The predicted molar refractivity (Wildman–Crippen MR) is 82.4 cm³/mol. The van der Waals surface area contributed by atoms with Gasteiger partial charge in [0.2, 0.25) is 0 Å². The van der Waals surface area contributed by atoms with Crippen molar-refractivity contribution in [2.24, 2.45) is 0 Å². The Morgan fingerprint density at radius 1 is 1.38 bits per heavy atom. The summed E-state index contributed by atoms with van der Waals surface area (Å²) in [5, 5.41) is 11.9. The van der Waals surface area contributed by atoms with Crippen molar-refractivity contribution in [1.29, 1.82) is 0 Å². The van der Waals surface area contributed by atoms with Gasteiger partial charge in [-0.3, -0.25) is 4.90 Å². The standard InChI is InChI=1S/C16H17FN2OS/c1-12-18-16(11-21-12)10-19(2)9-14-5-6-15(17)8-13(14)4-3-7-20/h5-6,8,11,20H,7,9-10H2,1-2H3. The van der Waals surface area contributed by atoms with E-state index in [0.717, 1.165) is 22.8 Å². The summed E-state index contributed by atoms with van der Waals surface area (Å²) in [5.74, 6) is 5.04. The zero-order valence-corrected chi connectivity index (χ0v) is 12.9. The summed E-state index contributed by atoms with van der Waals surface area (Å²) < 4.78 is 13.3. The molecule has 1 aromatic heterocycles. The maximum atomic E-state index is 13.3. The van der Waals surface area contributed by atoms with E-state index in [1.807, 2.05) is 19.4 Å². The van der Waals surface area contributed by atoms with Crippen LogP contribution in [0.2, 0.25) is 0 Å². The molecule has 0 bridgehead atoms. The number of aryl methyl sites for hydroxylation is 1. The lowest BCUT2D eigenvalue weighted by atomic mass is 10.1. The van der Waals surface area contributed by atoms with Crippen molar-refractivity contribution in [1.82, 2.24) is 9.88 Å². The molecular formula is C16H17FN2OS. The number of benzene rings is 1. The summed E-state index contributed by atoms with van der Waals surface area (Å²) >= 11 is 1.63. The molecule has 2 rings (SSSR count). The molecular weight excluding hydrogens is 287 g/mol. The van der Waals surface area contributed by atoms with Crippen LogP contribution in [0, 0.1) is 24.6 Å². The van der Waals surface area contributed by atoms with E-state index in [1.165, 1.54) is 12.1 Å². The van der Waals surface area contributed by atoms with Gasteiger partial charge in [0.15, 0.2) is 0 Å². The van der Waals surface area contributed by atoms with Crippen molar-refractivity contribution < 1.29 is 9.50 Å². The van der Waals surface area contributed by atoms with Crippen LogP contribution in [0.1, 0.15) is 21.8 Å². The van der Waals surface area contributed by atoms with E-state index in [1.54, 1.807) is 17.4 Å². The summed E-state index contributed by atoms with van der Waals surface area (Å²) in [6.45, 7) is 3.13. The van der Waals surface area contributed by atoms with Gasteiger partial charge in [0.25, 0.3) is 0 Å². The third kappa shape index (κ3) is 4.64. The van der Waals surface area contributed by atoms with Crippen molar-refractivity contribution >= 4 is 11.3 Å². The van der Waals surface area contributed by atoms with Gasteiger partial charge in [-0.1, -0.05) is 17.9 Å². The number of aliphatic hydroxyl groups excluding tert-OH is 1. The molecule has 0 atom stereocenters. The summed E-state index contributed by atoms with van der Waals surface area (Å²) in [4.78, 5) is 6.54. The van der Waals surface area contributed by atoms with Crippen LogP contribution in [0.4, 0.5) is 4.39 Å². The highest BCUT2D eigenvalue weighted by atomic mass is 32.1. The summed E-state index contributed by atoms with van der Waals surface area (Å²) in [6, 6.07) is 4.57. The molecule has 0 amide bonds. The number of aliphatic hydroxyl groups is 1. The smallest absolute Gasteiger partial charge is 0.124 e. The largest absolute Gasteiger partial charge is 0.384 e. The summed E-state index contributed by atoms with van der Waals surface area (Å²) in [7, 11) is 1.99. The van der Waals surface area contributed by atoms with Crippen LogP contribution >= 0.6 is 11.3 Å². The number of hydrogen-bond acceptors (Lipinski definition) is 4. The van der Waals surface area contributed by atoms with Gasteiger partial charge >= 0.3 is 0 Å². The molecule has 0 unspecified atom stereocenters. The number of rotatable bonds is 4. The number of aromatic nitrogens is 1. The molecule has 21 heavy (non-hydrogen) atoms. The second-order valence-electron chi connectivity index (χ2n) is 4.79. The van der Waals surface area contributed by atoms with E-state index >= 15 is 0 Å². The van der Waals surface area contributed by atoms with E-state index < -0.39 is 0 Å². The molecule has 0 spiro atoms. The molecule has 1 aromatic carbocycles. The molecule has 5 heteroatoms. The van der Waals surface area contributed by atoms with Gasteiger partial charge in [-0.05, 0) is 31.7 Å². The van der Waals surface area contributed by atoms with Gasteiger partial charge < -0.3 is 5.11 Å². The molecule has 0 aliphatic heterocycles. The first kappa shape index (κ1) is 15.6. The second-order valence-corrected chi connectivity index (χ2v) is 5.85. The number of thiazole rings is 1. The van der Waals surface area contributed by atoms with Crippen LogP contribution in [-0.2, 0) is 13.1 Å². The van der Waals surface area contributed by atoms with Gasteiger partial charge in [-0.15, -0.1) is 11.3 Å². The van der Waals surface area contributed by atoms with Crippen LogP contribution < -0.4 is 0 Å². The minimum atomic E-state index is -0.321. The van der Waals surface area contributed by atoms with Crippen molar-refractivity contribution in [2.45, 2.75) is 20.0 Å². The van der Waals surface area contributed by atoms with E-state index in [4.69, 9.17) is 5.11 Å². The number of hydrogen-bond donors (Lipinski definition) is 1. The molecule has 2 aromatic rings. The highest BCUT2D eigenvalue weighted by Gasteiger charge is 2.08. The van der Waals surface area contributed by atoms with Gasteiger partial charge in [-0.2, -0.15) is 0 Å². The van der Waals surface area contributed by atoms with Crippen LogP contribution in [-0.4, -0.2) is 28.6 Å². The highest BCUT2D eigenvalue weighted by molar-refractivity contribution is 7.09. The highest BCUT2D eigenvalue weighted by Crippen LogP contribution is 2.15. The van der Waals surface area contributed by atoms with Crippen molar-refractivity contribution in [2.75, 3.05) is 13.7 Å². The Balaban J connectivity index is 2.11. The molecule has 0 radical (unpaired) electrons. The van der Waals surface area contributed by atoms with Crippen LogP contribution in [0.15, 0.2) is 23.6 Å². The molecule has 1 N–H and O–H groups in total. The normalized spacial score (nSPS) is 10.5. The molecule has 0 aliphatic rings. The lowest BCUT2D eigenvalue weighted by Crippen LogP contribution is -2.18. The van der Waals surface area contributed by atoms with Gasteiger partial charge in [0, 0.05) is 24.0 Å². The third-order valence-corrected chi connectivity index (χ3v) is 3.74. The van der Waals surface area contributed by atoms with E-state index in [0.29, 0.717) is 12.1 Å². The fourth-order valence-corrected chi connectivity index (χ4v) is 2.65. The summed E-state index contributed by atoms with van der Waals surface area (Å²) in [5.41, 5.74) is 2.59. The first-order valence-electron chi connectivity index (χ1n) is 6.56. The first-order valence-corrected chi connectivity index (χ1v) is 7.44. The SMILES string of the molecule is Cc1nc(CN(C)Cc2ccc(F)cc2C#CCO)cs1. The first-order chi connectivity index (χ1) is 10.1. The molecule has 0 saturated carbocycles. The number of nitrogens with zero attached hydrogens (tertiary/aromatic N) is 2. The topological polar surface area (TPSA) is 36.4 Å². The monoisotopic (exact) mass is 304 g/mol. The fraction of sp³-hybridized carbons (Fsp3) is 0.312. The Bertz CT molecular complexity index is 672. The maximum Gasteiger partial charge on any atom is 0.124 e. The summed E-state index contributed by atoms with van der Waals surface area (Å²) in [6.07, 6.45) is 0. The molecule has 1 heterocycles. The van der Waals surface area contributed by atoms with Crippen LogP contribution in [0.25, 0.3) is 0 Å². The van der Waals surface area contributed by atoms with E-state index in [2.05, 4.69) is 21.7 Å². The maximum absolute atomic E-state index is 13.3. The van der Waals surface area contributed by atoms with Gasteiger partial charge in [0.05, 0.1) is 10.7 Å². The number of halogens is 1. The quantitative estimate of drug-likeness (QED) is 0.882. The van der Waals surface area contributed by atoms with Crippen molar-refractivity contribution in [3.8, 4) is 11.8 Å². The Morgan fingerprint density at radius 3 is 2.86 bits per heavy atom. The molecule has 110 valence electrons. The van der Waals surface area contributed by atoms with Crippen molar-refractivity contribution in [3.05, 3.63) is 51.2 Å². The molecule has 0 fully saturated rings. The predicted octanol–water partition coefficient (Wildman–Crippen LogP) is 2.57.